The van der Waals surface area contributed by atoms with Gasteiger partial charge in [-0.15, -0.1) is 11.8 Å². The first-order chi connectivity index (χ1) is 9.61. The number of nitrogen functional groups attached to an aromatic ring is 1. The number of rotatable bonds is 3. The van der Waals surface area contributed by atoms with Crippen molar-refractivity contribution in [2.24, 2.45) is 0 Å². The molecule has 0 saturated carbocycles. The van der Waals surface area contributed by atoms with Crippen LogP contribution >= 0.6 is 11.8 Å². The van der Waals surface area contributed by atoms with Gasteiger partial charge in [-0.25, -0.2) is 4.98 Å². The Balaban J connectivity index is 1.77. The molecule has 102 valence electrons. The minimum Gasteiger partial charge on any atom is -0.440 e. The predicted octanol–water partition coefficient (Wildman–Crippen LogP) is 4.32. The van der Waals surface area contributed by atoms with Gasteiger partial charge in [-0.3, -0.25) is 0 Å². The average Bonchev–Trinajstić information content (AvgIpc) is 2.82. The zero-order chi connectivity index (χ0) is 14.1. The molecule has 1 heterocycles. The highest BCUT2D eigenvalue weighted by molar-refractivity contribution is 7.98. The molecule has 3 nitrogen and oxygen atoms in total. The van der Waals surface area contributed by atoms with Gasteiger partial charge < -0.3 is 10.2 Å². The van der Waals surface area contributed by atoms with Crippen molar-refractivity contribution in [3.05, 3.63) is 53.4 Å². The van der Waals surface area contributed by atoms with E-state index in [1.807, 2.05) is 18.2 Å². The number of fused-ring (bicyclic) bond motifs is 1. The molecule has 1 aromatic heterocycles. The highest BCUT2D eigenvalue weighted by atomic mass is 32.2. The quantitative estimate of drug-likeness (QED) is 0.575. The van der Waals surface area contributed by atoms with Gasteiger partial charge in [0, 0.05) is 10.6 Å². The van der Waals surface area contributed by atoms with Crippen LogP contribution in [0.15, 0.2) is 45.7 Å². The summed E-state index contributed by atoms with van der Waals surface area (Å²) in [6, 6.07) is 12.0. The minimum atomic E-state index is 0.708. The van der Waals surface area contributed by atoms with Crippen molar-refractivity contribution in [2.75, 3.05) is 5.73 Å². The van der Waals surface area contributed by atoms with Crippen LogP contribution in [-0.4, -0.2) is 4.98 Å². The van der Waals surface area contributed by atoms with Crippen molar-refractivity contribution >= 4 is 28.5 Å². The van der Waals surface area contributed by atoms with Crippen molar-refractivity contribution in [1.29, 1.82) is 0 Å². The van der Waals surface area contributed by atoms with Crippen molar-refractivity contribution < 1.29 is 4.42 Å². The lowest BCUT2D eigenvalue weighted by molar-refractivity contribution is 0.556. The molecule has 0 aliphatic rings. The molecule has 0 aliphatic carbocycles. The Kier molecular flexibility index (Phi) is 3.40. The van der Waals surface area contributed by atoms with Crippen LogP contribution in [0.3, 0.4) is 0 Å². The molecule has 0 atom stereocenters. The summed E-state index contributed by atoms with van der Waals surface area (Å²) in [7, 11) is 0. The molecule has 3 rings (SSSR count). The van der Waals surface area contributed by atoms with E-state index in [0.29, 0.717) is 5.69 Å². The number of hydrogen-bond acceptors (Lipinski definition) is 4. The second kappa shape index (κ2) is 5.21. The molecule has 4 heteroatoms. The summed E-state index contributed by atoms with van der Waals surface area (Å²) < 4.78 is 5.71. The zero-order valence-electron chi connectivity index (χ0n) is 11.5. The van der Waals surface area contributed by atoms with E-state index >= 15 is 0 Å². The van der Waals surface area contributed by atoms with Crippen molar-refractivity contribution in [1.82, 2.24) is 4.98 Å². The van der Waals surface area contributed by atoms with Gasteiger partial charge in [-0.1, -0.05) is 6.07 Å². The average molecular weight is 284 g/mol. The van der Waals surface area contributed by atoms with E-state index in [1.54, 1.807) is 11.8 Å². The van der Waals surface area contributed by atoms with Crippen LogP contribution in [0.5, 0.6) is 0 Å². The molecule has 0 saturated heterocycles. The molecule has 0 radical (unpaired) electrons. The van der Waals surface area contributed by atoms with Crippen molar-refractivity contribution in [3.63, 3.8) is 0 Å². The van der Waals surface area contributed by atoms with Gasteiger partial charge in [0.1, 0.15) is 5.52 Å². The molecule has 3 aromatic rings. The fourth-order valence-corrected chi connectivity index (χ4v) is 2.84. The smallest absolute Gasteiger partial charge is 0.205 e. The number of hydrogen-bond donors (Lipinski definition) is 1. The highest BCUT2D eigenvalue weighted by Gasteiger charge is 2.07. The summed E-state index contributed by atoms with van der Waals surface area (Å²) in [5.74, 6) is 1.45. The van der Waals surface area contributed by atoms with Gasteiger partial charge >= 0.3 is 0 Å². The van der Waals surface area contributed by atoms with E-state index < -0.39 is 0 Å². The number of nitrogens with two attached hydrogens (primary N) is 1. The van der Waals surface area contributed by atoms with Gasteiger partial charge in [0.15, 0.2) is 5.58 Å². The molecule has 2 aromatic carbocycles. The highest BCUT2D eigenvalue weighted by Crippen LogP contribution is 2.26. The van der Waals surface area contributed by atoms with E-state index in [9.17, 15) is 0 Å². The number of anilines is 1. The Hall–Kier alpha value is -1.94. The molecular formula is C16H16N2OS. The Morgan fingerprint density at radius 3 is 2.75 bits per heavy atom. The van der Waals surface area contributed by atoms with E-state index in [2.05, 4.69) is 37.0 Å². The van der Waals surface area contributed by atoms with Crippen LogP contribution < -0.4 is 5.73 Å². The first-order valence-electron chi connectivity index (χ1n) is 6.47. The van der Waals surface area contributed by atoms with E-state index in [0.717, 1.165) is 22.7 Å². The second-order valence-electron chi connectivity index (χ2n) is 4.87. The van der Waals surface area contributed by atoms with Crippen LogP contribution in [0.25, 0.3) is 11.1 Å². The first kappa shape index (κ1) is 13.1. The standard InChI is InChI=1S/C16H16N2OS/c1-10-3-5-13(7-11(10)2)20-9-16-18-14-8-12(17)4-6-15(14)19-16/h3-8H,9,17H2,1-2H3. The molecule has 0 spiro atoms. The first-order valence-corrected chi connectivity index (χ1v) is 7.45. The molecule has 0 unspecified atom stereocenters. The molecule has 0 bridgehead atoms. The van der Waals surface area contributed by atoms with Crippen LogP contribution in [-0.2, 0) is 5.75 Å². The lowest BCUT2D eigenvalue weighted by Gasteiger charge is -2.03. The zero-order valence-corrected chi connectivity index (χ0v) is 12.3. The Labute approximate surface area is 122 Å². The monoisotopic (exact) mass is 284 g/mol. The van der Waals surface area contributed by atoms with Crippen molar-refractivity contribution in [3.8, 4) is 0 Å². The van der Waals surface area contributed by atoms with Crippen molar-refractivity contribution in [2.45, 2.75) is 24.5 Å². The van der Waals surface area contributed by atoms with Gasteiger partial charge in [-0.2, -0.15) is 0 Å². The number of thioether (sulfide) groups is 1. The summed E-state index contributed by atoms with van der Waals surface area (Å²) in [5.41, 5.74) is 10.7. The van der Waals surface area contributed by atoms with E-state index in [4.69, 9.17) is 10.2 Å². The summed E-state index contributed by atoms with van der Waals surface area (Å²) in [5, 5.41) is 0. The number of benzene rings is 2. The van der Waals surface area contributed by atoms with Crippen LogP contribution in [0.1, 0.15) is 17.0 Å². The van der Waals surface area contributed by atoms with E-state index in [1.165, 1.54) is 16.0 Å². The number of oxazole rings is 1. The summed E-state index contributed by atoms with van der Waals surface area (Å²) in [6.07, 6.45) is 0. The SMILES string of the molecule is Cc1ccc(SCc2nc3cc(N)ccc3o2)cc1C. The van der Waals surface area contributed by atoms with Crippen LogP contribution in [0.4, 0.5) is 5.69 Å². The topological polar surface area (TPSA) is 52.0 Å². The summed E-state index contributed by atoms with van der Waals surface area (Å²) in [6.45, 7) is 4.25. The largest absolute Gasteiger partial charge is 0.440 e. The van der Waals surface area contributed by atoms with E-state index in [-0.39, 0.29) is 0 Å². The molecule has 0 aliphatic heterocycles. The minimum absolute atomic E-state index is 0.708. The third-order valence-electron chi connectivity index (χ3n) is 3.30. The van der Waals surface area contributed by atoms with Crippen LogP contribution in [0, 0.1) is 13.8 Å². The Morgan fingerprint density at radius 1 is 1.10 bits per heavy atom. The number of aryl methyl sites for hydroxylation is 2. The maximum Gasteiger partial charge on any atom is 0.205 e. The Bertz CT molecular complexity index is 764. The molecule has 0 fully saturated rings. The molecule has 0 amide bonds. The fraction of sp³-hybridized carbons (Fsp3) is 0.188. The third-order valence-corrected chi connectivity index (χ3v) is 4.28. The Morgan fingerprint density at radius 2 is 1.95 bits per heavy atom. The molecule has 2 N–H and O–H groups in total. The van der Waals surface area contributed by atoms with Gasteiger partial charge in [-0.05, 0) is 55.3 Å². The second-order valence-corrected chi connectivity index (χ2v) is 5.92. The maximum absolute atomic E-state index is 5.74. The van der Waals surface area contributed by atoms with Gasteiger partial charge in [0.25, 0.3) is 0 Å². The summed E-state index contributed by atoms with van der Waals surface area (Å²) >= 11 is 1.73. The normalized spacial score (nSPS) is 11.1. The molecule has 20 heavy (non-hydrogen) atoms. The molecular weight excluding hydrogens is 268 g/mol. The van der Waals surface area contributed by atoms with Crippen LogP contribution in [0.2, 0.25) is 0 Å². The lowest BCUT2D eigenvalue weighted by atomic mass is 10.1. The maximum atomic E-state index is 5.74. The lowest BCUT2D eigenvalue weighted by Crippen LogP contribution is -1.84. The van der Waals surface area contributed by atoms with Gasteiger partial charge in [0.2, 0.25) is 5.89 Å². The third kappa shape index (κ3) is 2.65. The number of aromatic nitrogens is 1. The number of nitrogens with zero attached hydrogens (tertiary/aromatic N) is 1. The summed E-state index contributed by atoms with van der Waals surface area (Å²) in [4.78, 5) is 5.69. The van der Waals surface area contributed by atoms with Gasteiger partial charge in [0.05, 0.1) is 5.75 Å². The predicted molar refractivity (Wildman–Crippen MR) is 83.9 cm³/mol. The fourth-order valence-electron chi connectivity index (χ4n) is 2.00.